The molecular formula is C18H16N2O. The van der Waals surface area contributed by atoms with Gasteiger partial charge in [-0.3, -0.25) is 0 Å². The van der Waals surface area contributed by atoms with E-state index in [2.05, 4.69) is 47.0 Å². The normalized spacial score (nSPS) is 16.9. The van der Waals surface area contributed by atoms with E-state index in [1.807, 2.05) is 12.1 Å². The van der Waals surface area contributed by atoms with Crippen LogP contribution in [0.25, 0.3) is 10.8 Å². The van der Waals surface area contributed by atoms with Crippen LogP contribution in [0.2, 0.25) is 0 Å². The lowest BCUT2D eigenvalue weighted by atomic mass is 10.1. The van der Waals surface area contributed by atoms with E-state index in [0.717, 1.165) is 23.5 Å². The molecule has 1 aliphatic heterocycles. The van der Waals surface area contributed by atoms with Crippen LogP contribution in [0, 0.1) is 0 Å². The first-order chi connectivity index (χ1) is 10.3. The molecule has 0 spiro atoms. The van der Waals surface area contributed by atoms with Gasteiger partial charge in [0, 0.05) is 23.3 Å². The number of benzene rings is 3. The molecule has 3 aromatic rings. The fourth-order valence-corrected chi connectivity index (χ4v) is 2.97. The van der Waals surface area contributed by atoms with E-state index in [-0.39, 0.29) is 6.04 Å². The van der Waals surface area contributed by atoms with Gasteiger partial charge in [0.25, 0.3) is 0 Å². The number of phenolic OH excluding ortho intramolecular Hbond substituents is 1. The number of phenols is 1. The van der Waals surface area contributed by atoms with E-state index < -0.39 is 0 Å². The Morgan fingerprint density at radius 1 is 0.857 bits per heavy atom. The zero-order chi connectivity index (χ0) is 14.2. The smallest absolute Gasteiger partial charge is 0.115 e. The zero-order valence-corrected chi connectivity index (χ0v) is 11.5. The summed E-state index contributed by atoms with van der Waals surface area (Å²) in [4.78, 5) is 0. The largest absolute Gasteiger partial charge is 0.508 e. The first-order valence-corrected chi connectivity index (χ1v) is 7.12. The minimum absolute atomic E-state index is 0.170. The van der Waals surface area contributed by atoms with Gasteiger partial charge >= 0.3 is 0 Å². The molecular weight excluding hydrogens is 260 g/mol. The molecule has 0 radical (unpaired) electrons. The minimum atomic E-state index is 0.170. The summed E-state index contributed by atoms with van der Waals surface area (Å²) in [5.74, 6) is 0.297. The van der Waals surface area contributed by atoms with Crippen LogP contribution < -0.4 is 10.6 Å². The van der Waals surface area contributed by atoms with Crippen molar-refractivity contribution in [3.05, 3.63) is 66.2 Å². The lowest BCUT2D eigenvalue weighted by molar-refractivity contribution is 0.475. The van der Waals surface area contributed by atoms with Gasteiger partial charge in [0.1, 0.15) is 5.75 Å². The van der Waals surface area contributed by atoms with Crippen molar-refractivity contribution in [3.8, 4) is 5.75 Å². The highest BCUT2D eigenvalue weighted by molar-refractivity contribution is 6.03. The van der Waals surface area contributed by atoms with Crippen LogP contribution in [0.5, 0.6) is 5.75 Å². The summed E-state index contributed by atoms with van der Waals surface area (Å²) in [6, 6.07) is 20.2. The molecule has 0 saturated carbocycles. The molecule has 104 valence electrons. The van der Waals surface area contributed by atoms with Gasteiger partial charge in [0.15, 0.2) is 0 Å². The molecule has 0 aromatic heterocycles. The average Bonchev–Trinajstić information content (AvgIpc) is 2.70. The molecule has 3 aromatic carbocycles. The van der Waals surface area contributed by atoms with Gasteiger partial charge in [-0.05, 0) is 35.2 Å². The second-order valence-corrected chi connectivity index (χ2v) is 5.38. The summed E-state index contributed by atoms with van der Waals surface area (Å²) in [7, 11) is 0. The summed E-state index contributed by atoms with van der Waals surface area (Å²) in [6.45, 7) is 0.804. The minimum Gasteiger partial charge on any atom is -0.508 e. The fraction of sp³-hybridized carbons (Fsp3) is 0.111. The van der Waals surface area contributed by atoms with E-state index in [1.54, 1.807) is 12.1 Å². The molecule has 1 unspecified atom stereocenters. The van der Waals surface area contributed by atoms with Crippen LogP contribution >= 0.6 is 0 Å². The molecule has 0 bridgehead atoms. The number of aromatic hydroxyl groups is 1. The summed E-state index contributed by atoms with van der Waals surface area (Å²) in [5.41, 5.74) is 3.47. The van der Waals surface area contributed by atoms with Crippen LogP contribution in [0.15, 0.2) is 60.7 Å². The number of nitrogens with one attached hydrogen (secondary N) is 2. The first kappa shape index (κ1) is 12.1. The van der Waals surface area contributed by atoms with E-state index in [1.165, 1.54) is 10.8 Å². The first-order valence-electron chi connectivity index (χ1n) is 7.12. The highest BCUT2D eigenvalue weighted by Crippen LogP contribution is 2.35. The Bertz CT molecular complexity index is 791. The molecule has 0 amide bonds. The van der Waals surface area contributed by atoms with Crippen LogP contribution in [-0.2, 0) is 0 Å². The van der Waals surface area contributed by atoms with Crippen molar-refractivity contribution in [2.24, 2.45) is 0 Å². The number of anilines is 2. The quantitative estimate of drug-likeness (QED) is 0.626. The van der Waals surface area contributed by atoms with E-state index >= 15 is 0 Å². The van der Waals surface area contributed by atoms with Gasteiger partial charge in [-0.25, -0.2) is 0 Å². The molecule has 1 atom stereocenters. The van der Waals surface area contributed by atoms with Gasteiger partial charge in [0.2, 0.25) is 0 Å². The molecule has 3 nitrogen and oxygen atoms in total. The van der Waals surface area contributed by atoms with Crippen LogP contribution in [-0.4, -0.2) is 11.7 Å². The van der Waals surface area contributed by atoms with Gasteiger partial charge in [-0.15, -0.1) is 0 Å². The monoisotopic (exact) mass is 276 g/mol. The maximum absolute atomic E-state index is 9.44. The average molecular weight is 276 g/mol. The Balaban J connectivity index is 1.79. The molecule has 3 N–H and O–H groups in total. The molecule has 1 aliphatic rings. The lowest BCUT2D eigenvalue weighted by Gasteiger charge is -2.18. The zero-order valence-electron chi connectivity index (χ0n) is 11.5. The molecule has 3 heteroatoms. The molecule has 4 rings (SSSR count). The molecule has 21 heavy (non-hydrogen) atoms. The van der Waals surface area contributed by atoms with E-state index in [4.69, 9.17) is 0 Å². The summed E-state index contributed by atoms with van der Waals surface area (Å²) >= 11 is 0. The Morgan fingerprint density at radius 3 is 2.33 bits per heavy atom. The summed E-state index contributed by atoms with van der Waals surface area (Å²) in [5, 5.41) is 19.1. The van der Waals surface area contributed by atoms with E-state index in [9.17, 15) is 5.11 Å². The summed E-state index contributed by atoms with van der Waals surface area (Å²) in [6.07, 6.45) is 0. The van der Waals surface area contributed by atoms with Crippen molar-refractivity contribution in [1.29, 1.82) is 0 Å². The third-order valence-corrected chi connectivity index (χ3v) is 4.03. The van der Waals surface area contributed by atoms with Gasteiger partial charge in [0.05, 0.1) is 6.04 Å². The second-order valence-electron chi connectivity index (χ2n) is 5.38. The van der Waals surface area contributed by atoms with Crippen molar-refractivity contribution in [2.45, 2.75) is 6.04 Å². The van der Waals surface area contributed by atoms with Gasteiger partial charge in [-0.1, -0.05) is 36.4 Å². The molecule has 0 saturated heterocycles. The standard InChI is InChI=1S/C18H16N2O/c21-14-9-7-12(8-10-14)17-11-19-15-5-1-3-13-4-2-6-16(20-17)18(13)15/h1-10,17,19-21H,11H2. The van der Waals surface area contributed by atoms with Crippen LogP contribution in [0.3, 0.4) is 0 Å². The Labute approximate surface area is 123 Å². The number of rotatable bonds is 1. The van der Waals surface area contributed by atoms with Crippen molar-refractivity contribution in [2.75, 3.05) is 17.2 Å². The Morgan fingerprint density at radius 2 is 1.57 bits per heavy atom. The third kappa shape index (κ3) is 2.07. The maximum atomic E-state index is 9.44. The van der Waals surface area contributed by atoms with Crippen molar-refractivity contribution in [1.82, 2.24) is 0 Å². The highest BCUT2D eigenvalue weighted by atomic mass is 16.3. The molecule has 1 heterocycles. The molecule has 0 fully saturated rings. The van der Waals surface area contributed by atoms with Crippen LogP contribution in [0.4, 0.5) is 11.4 Å². The number of hydrogen-bond acceptors (Lipinski definition) is 3. The van der Waals surface area contributed by atoms with Gasteiger partial charge < -0.3 is 15.7 Å². The number of hydrogen-bond donors (Lipinski definition) is 3. The van der Waals surface area contributed by atoms with E-state index in [0.29, 0.717) is 5.75 Å². The fourth-order valence-electron chi connectivity index (χ4n) is 2.97. The SMILES string of the molecule is Oc1ccc(C2CNc3cccc4cccc(c34)N2)cc1. The topological polar surface area (TPSA) is 44.3 Å². The van der Waals surface area contributed by atoms with Crippen molar-refractivity contribution >= 4 is 22.1 Å². The highest BCUT2D eigenvalue weighted by Gasteiger charge is 2.18. The predicted molar refractivity (Wildman–Crippen MR) is 86.9 cm³/mol. The van der Waals surface area contributed by atoms with Gasteiger partial charge in [-0.2, -0.15) is 0 Å². The lowest BCUT2D eigenvalue weighted by Crippen LogP contribution is -2.18. The Hall–Kier alpha value is -2.68. The van der Waals surface area contributed by atoms with Crippen molar-refractivity contribution in [3.63, 3.8) is 0 Å². The van der Waals surface area contributed by atoms with Crippen LogP contribution in [0.1, 0.15) is 11.6 Å². The summed E-state index contributed by atoms with van der Waals surface area (Å²) < 4.78 is 0. The molecule has 0 aliphatic carbocycles. The maximum Gasteiger partial charge on any atom is 0.115 e. The second kappa shape index (κ2) is 4.70. The Kier molecular flexibility index (Phi) is 2.71. The third-order valence-electron chi connectivity index (χ3n) is 4.03. The van der Waals surface area contributed by atoms with Crippen molar-refractivity contribution < 1.29 is 5.11 Å². The predicted octanol–water partition coefficient (Wildman–Crippen LogP) is 4.12.